The van der Waals surface area contributed by atoms with Crippen molar-refractivity contribution in [1.29, 1.82) is 0 Å². The molecule has 0 bridgehead atoms. The molecular formula is C23H28FN3O3. The molecule has 0 radical (unpaired) electrons. The van der Waals surface area contributed by atoms with Gasteiger partial charge in [0.2, 0.25) is 0 Å². The summed E-state index contributed by atoms with van der Waals surface area (Å²) in [5.41, 5.74) is 3.06. The molecule has 30 heavy (non-hydrogen) atoms. The monoisotopic (exact) mass is 413 g/mol. The first kappa shape index (κ1) is 23.1. The third-order valence-electron chi connectivity index (χ3n) is 4.41. The lowest BCUT2D eigenvalue weighted by Gasteiger charge is -2.20. The van der Waals surface area contributed by atoms with Crippen LogP contribution in [-0.4, -0.2) is 30.7 Å². The average Bonchev–Trinajstić information content (AvgIpc) is 2.73. The van der Waals surface area contributed by atoms with Gasteiger partial charge in [-0.25, -0.2) is 9.82 Å². The molecule has 160 valence electrons. The zero-order valence-electron chi connectivity index (χ0n) is 17.5. The van der Waals surface area contributed by atoms with Gasteiger partial charge in [0.15, 0.2) is 0 Å². The number of unbranched alkanes of at least 4 members (excludes halogenated alkanes) is 1. The number of amides is 2. The summed E-state index contributed by atoms with van der Waals surface area (Å²) in [6.45, 7) is 6.26. The number of carbonyl (C=O) groups is 2. The fraction of sp³-hybridized carbons (Fsp3) is 0.348. The minimum absolute atomic E-state index is 0.113. The van der Waals surface area contributed by atoms with Gasteiger partial charge in [0.25, 0.3) is 11.8 Å². The molecule has 2 rings (SSSR count). The summed E-state index contributed by atoms with van der Waals surface area (Å²) in [4.78, 5) is 24.9. The standard InChI is InChI=1S/C23H28FN3O3/c1-4-5-14-30-20-13-9-6-10-17(20)15-25-27-23(29)21(16(2)3)26-22(28)18-11-7-8-12-19(18)24/h6-13,15-16,21H,4-5,14H2,1-3H3,(H,26,28)(H,27,29). The molecule has 0 fully saturated rings. The summed E-state index contributed by atoms with van der Waals surface area (Å²) in [5.74, 6) is -1.33. The summed E-state index contributed by atoms with van der Waals surface area (Å²) in [6, 6.07) is 12.1. The first-order valence-corrected chi connectivity index (χ1v) is 10.0. The molecule has 0 saturated carbocycles. The van der Waals surface area contributed by atoms with Crippen LogP contribution in [0, 0.1) is 11.7 Å². The van der Waals surface area contributed by atoms with Crippen molar-refractivity contribution in [1.82, 2.24) is 10.7 Å². The van der Waals surface area contributed by atoms with E-state index in [1.807, 2.05) is 24.3 Å². The Morgan fingerprint density at radius 3 is 2.53 bits per heavy atom. The highest BCUT2D eigenvalue weighted by Gasteiger charge is 2.25. The molecule has 0 aromatic heterocycles. The second kappa shape index (κ2) is 11.7. The van der Waals surface area contributed by atoms with Crippen molar-refractivity contribution in [3.63, 3.8) is 0 Å². The van der Waals surface area contributed by atoms with E-state index in [1.165, 1.54) is 24.4 Å². The normalized spacial score (nSPS) is 12.0. The average molecular weight is 413 g/mol. The Hall–Kier alpha value is -3.22. The Kier molecular flexibility index (Phi) is 9.00. The van der Waals surface area contributed by atoms with Gasteiger partial charge in [0, 0.05) is 5.56 Å². The molecular weight excluding hydrogens is 385 g/mol. The van der Waals surface area contributed by atoms with E-state index in [0.717, 1.165) is 18.4 Å². The quantitative estimate of drug-likeness (QED) is 0.352. The van der Waals surface area contributed by atoms with Crippen molar-refractivity contribution in [2.45, 2.75) is 39.7 Å². The number of carbonyl (C=O) groups excluding carboxylic acids is 2. The SMILES string of the molecule is CCCCOc1ccccc1C=NNC(=O)C(NC(=O)c1ccccc1F)C(C)C. The minimum atomic E-state index is -0.870. The number of halogens is 1. The minimum Gasteiger partial charge on any atom is -0.493 e. The van der Waals surface area contributed by atoms with Crippen LogP contribution in [-0.2, 0) is 4.79 Å². The molecule has 7 heteroatoms. The summed E-state index contributed by atoms with van der Waals surface area (Å²) in [5, 5.41) is 6.58. The van der Waals surface area contributed by atoms with E-state index in [4.69, 9.17) is 4.74 Å². The van der Waals surface area contributed by atoms with Crippen LogP contribution < -0.4 is 15.5 Å². The summed E-state index contributed by atoms with van der Waals surface area (Å²) in [7, 11) is 0. The Bertz CT molecular complexity index is 884. The molecule has 0 saturated heterocycles. The number of nitrogens with zero attached hydrogens (tertiary/aromatic N) is 1. The second-order valence-electron chi connectivity index (χ2n) is 7.15. The number of para-hydroxylation sites is 1. The van der Waals surface area contributed by atoms with E-state index in [0.29, 0.717) is 12.4 Å². The van der Waals surface area contributed by atoms with Gasteiger partial charge in [-0.3, -0.25) is 9.59 Å². The van der Waals surface area contributed by atoms with Gasteiger partial charge in [-0.15, -0.1) is 0 Å². The van der Waals surface area contributed by atoms with Gasteiger partial charge < -0.3 is 10.1 Å². The van der Waals surface area contributed by atoms with Gasteiger partial charge >= 0.3 is 0 Å². The maximum absolute atomic E-state index is 13.8. The predicted molar refractivity (Wildman–Crippen MR) is 115 cm³/mol. The van der Waals surface area contributed by atoms with Crippen molar-refractivity contribution in [3.05, 3.63) is 65.5 Å². The van der Waals surface area contributed by atoms with E-state index >= 15 is 0 Å². The number of ether oxygens (including phenoxy) is 1. The zero-order chi connectivity index (χ0) is 21.9. The van der Waals surface area contributed by atoms with Crippen LogP contribution in [0.1, 0.15) is 49.5 Å². The van der Waals surface area contributed by atoms with Crippen molar-refractivity contribution in [2.24, 2.45) is 11.0 Å². The van der Waals surface area contributed by atoms with Crippen molar-refractivity contribution >= 4 is 18.0 Å². The van der Waals surface area contributed by atoms with E-state index in [-0.39, 0.29) is 11.5 Å². The topological polar surface area (TPSA) is 79.8 Å². The lowest BCUT2D eigenvalue weighted by molar-refractivity contribution is -0.123. The van der Waals surface area contributed by atoms with Crippen LogP contribution in [0.25, 0.3) is 0 Å². The summed E-state index contributed by atoms with van der Waals surface area (Å²) >= 11 is 0. The van der Waals surface area contributed by atoms with Crippen LogP contribution in [0.3, 0.4) is 0 Å². The predicted octanol–water partition coefficient (Wildman–Crippen LogP) is 3.91. The molecule has 0 spiro atoms. The Morgan fingerprint density at radius 1 is 1.13 bits per heavy atom. The smallest absolute Gasteiger partial charge is 0.262 e. The van der Waals surface area contributed by atoms with Crippen LogP contribution in [0.2, 0.25) is 0 Å². The third kappa shape index (κ3) is 6.69. The molecule has 2 amide bonds. The van der Waals surface area contributed by atoms with E-state index < -0.39 is 23.7 Å². The summed E-state index contributed by atoms with van der Waals surface area (Å²) in [6.07, 6.45) is 3.47. The number of nitrogens with one attached hydrogen (secondary N) is 2. The van der Waals surface area contributed by atoms with Gasteiger partial charge in [0.1, 0.15) is 17.6 Å². The highest BCUT2D eigenvalue weighted by atomic mass is 19.1. The van der Waals surface area contributed by atoms with Gasteiger partial charge in [0.05, 0.1) is 18.4 Å². The molecule has 2 aromatic carbocycles. The highest BCUT2D eigenvalue weighted by Crippen LogP contribution is 2.16. The molecule has 0 aliphatic heterocycles. The lowest BCUT2D eigenvalue weighted by atomic mass is 10.0. The Labute approximate surface area is 176 Å². The highest BCUT2D eigenvalue weighted by molar-refractivity contribution is 5.98. The molecule has 0 aliphatic carbocycles. The van der Waals surface area contributed by atoms with Crippen LogP contribution in [0.15, 0.2) is 53.6 Å². The van der Waals surface area contributed by atoms with E-state index in [2.05, 4.69) is 22.8 Å². The number of hydrogen-bond acceptors (Lipinski definition) is 4. The molecule has 2 N–H and O–H groups in total. The lowest BCUT2D eigenvalue weighted by Crippen LogP contribution is -2.48. The number of hydrazone groups is 1. The molecule has 1 atom stereocenters. The first-order chi connectivity index (χ1) is 14.4. The van der Waals surface area contributed by atoms with Crippen molar-refractivity contribution < 1.29 is 18.7 Å². The first-order valence-electron chi connectivity index (χ1n) is 10.0. The molecule has 0 heterocycles. The second-order valence-corrected chi connectivity index (χ2v) is 7.15. The van der Waals surface area contributed by atoms with Crippen LogP contribution >= 0.6 is 0 Å². The maximum atomic E-state index is 13.8. The number of benzene rings is 2. The molecule has 6 nitrogen and oxygen atoms in total. The fourth-order valence-corrected chi connectivity index (χ4v) is 2.68. The largest absolute Gasteiger partial charge is 0.493 e. The van der Waals surface area contributed by atoms with Gasteiger partial charge in [-0.1, -0.05) is 51.5 Å². The van der Waals surface area contributed by atoms with E-state index in [9.17, 15) is 14.0 Å². The Morgan fingerprint density at radius 2 is 1.83 bits per heavy atom. The fourth-order valence-electron chi connectivity index (χ4n) is 2.68. The van der Waals surface area contributed by atoms with Crippen molar-refractivity contribution in [3.8, 4) is 5.75 Å². The van der Waals surface area contributed by atoms with Crippen LogP contribution in [0.5, 0.6) is 5.75 Å². The summed E-state index contributed by atoms with van der Waals surface area (Å²) < 4.78 is 19.6. The van der Waals surface area contributed by atoms with Gasteiger partial charge in [-0.2, -0.15) is 5.10 Å². The third-order valence-corrected chi connectivity index (χ3v) is 4.41. The Balaban J connectivity index is 2.02. The van der Waals surface area contributed by atoms with Crippen LogP contribution in [0.4, 0.5) is 4.39 Å². The zero-order valence-corrected chi connectivity index (χ0v) is 17.5. The van der Waals surface area contributed by atoms with E-state index in [1.54, 1.807) is 19.9 Å². The molecule has 0 aliphatic rings. The number of rotatable bonds is 10. The maximum Gasteiger partial charge on any atom is 0.262 e. The molecule has 1 unspecified atom stereocenters. The number of hydrogen-bond donors (Lipinski definition) is 2. The molecule has 2 aromatic rings. The van der Waals surface area contributed by atoms with Gasteiger partial charge in [-0.05, 0) is 36.6 Å². The van der Waals surface area contributed by atoms with Crippen molar-refractivity contribution in [2.75, 3.05) is 6.61 Å².